The van der Waals surface area contributed by atoms with Gasteiger partial charge in [-0.2, -0.15) is 0 Å². The first-order valence-electron chi connectivity index (χ1n) is 9.01. The van der Waals surface area contributed by atoms with Gasteiger partial charge >= 0.3 is 0 Å². The highest BCUT2D eigenvalue weighted by Gasteiger charge is 2.39. The largest absolute Gasteiger partial charge is 0.496 e. The lowest BCUT2D eigenvalue weighted by atomic mass is 9.75. The van der Waals surface area contributed by atoms with E-state index in [9.17, 15) is 4.79 Å². The predicted molar refractivity (Wildman–Crippen MR) is 96.7 cm³/mol. The molecule has 0 N–H and O–H groups in total. The first kappa shape index (κ1) is 15.6. The van der Waals surface area contributed by atoms with Crippen LogP contribution in [0.25, 0.3) is 10.8 Å². The Morgan fingerprint density at radius 3 is 2.38 bits per heavy atom. The summed E-state index contributed by atoms with van der Waals surface area (Å²) in [5, 5.41) is 2.05. The van der Waals surface area contributed by atoms with Gasteiger partial charge in [0, 0.05) is 29.0 Å². The average Bonchev–Trinajstić information content (AvgIpc) is 2.60. The molecule has 2 bridgehead atoms. The van der Waals surface area contributed by atoms with Crippen molar-refractivity contribution in [3.63, 3.8) is 0 Å². The van der Waals surface area contributed by atoms with Crippen molar-refractivity contribution in [3.05, 3.63) is 42.0 Å². The van der Waals surface area contributed by atoms with Gasteiger partial charge in [0.2, 0.25) is 0 Å². The van der Waals surface area contributed by atoms with Crippen molar-refractivity contribution in [1.82, 2.24) is 4.90 Å². The molecule has 0 amide bonds. The molecule has 2 heterocycles. The van der Waals surface area contributed by atoms with Crippen molar-refractivity contribution in [2.24, 2.45) is 5.92 Å². The van der Waals surface area contributed by atoms with Crippen molar-refractivity contribution in [3.8, 4) is 5.75 Å². The normalized spacial score (nSPS) is 27.2. The molecule has 2 aliphatic heterocycles. The van der Waals surface area contributed by atoms with Gasteiger partial charge in [0.1, 0.15) is 5.75 Å². The van der Waals surface area contributed by atoms with Crippen LogP contribution in [-0.4, -0.2) is 36.9 Å². The number of rotatable bonds is 3. The maximum atomic E-state index is 13.3. The minimum absolute atomic E-state index is 0.160. The van der Waals surface area contributed by atoms with E-state index < -0.39 is 0 Å². The molecule has 24 heavy (non-hydrogen) atoms. The molecule has 2 aromatic rings. The fourth-order valence-electron chi connectivity index (χ4n) is 4.71. The van der Waals surface area contributed by atoms with E-state index >= 15 is 0 Å². The van der Waals surface area contributed by atoms with Gasteiger partial charge < -0.3 is 9.64 Å². The molecule has 2 aromatic carbocycles. The van der Waals surface area contributed by atoms with Gasteiger partial charge in [0.05, 0.1) is 7.11 Å². The lowest BCUT2D eigenvalue weighted by molar-refractivity contribution is 0.0339. The number of piperidine rings is 2. The lowest BCUT2D eigenvalue weighted by Gasteiger charge is -2.46. The summed E-state index contributed by atoms with van der Waals surface area (Å²) in [5.74, 6) is 1.31. The number of ether oxygens (including phenoxy) is 1. The Morgan fingerprint density at radius 1 is 1.04 bits per heavy atom. The third-order valence-corrected chi connectivity index (χ3v) is 6.08. The van der Waals surface area contributed by atoms with Crippen molar-refractivity contribution >= 4 is 16.6 Å². The van der Waals surface area contributed by atoms with E-state index in [2.05, 4.69) is 11.9 Å². The Balaban J connectivity index is 1.69. The first-order valence-corrected chi connectivity index (χ1v) is 9.01. The van der Waals surface area contributed by atoms with E-state index in [0.29, 0.717) is 17.9 Å². The number of carbonyl (C=O) groups is 1. The molecule has 0 aromatic heterocycles. The summed E-state index contributed by atoms with van der Waals surface area (Å²) in [5.41, 5.74) is 0.860. The highest BCUT2D eigenvalue weighted by molar-refractivity contribution is 6.10. The van der Waals surface area contributed by atoms with Crippen LogP contribution >= 0.6 is 0 Å². The Kier molecular flexibility index (Phi) is 4.05. The highest BCUT2D eigenvalue weighted by atomic mass is 16.5. The predicted octanol–water partition coefficient (Wildman–Crippen LogP) is 4.29. The quantitative estimate of drug-likeness (QED) is 0.789. The number of hydrogen-bond donors (Lipinski definition) is 0. The van der Waals surface area contributed by atoms with Crippen molar-refractivity contribution < 1.29 is 9.53 Å². The zero-order chi connectivity index (χ0) is 16.7. The van der Waals surface area contributed by atoms with Crippen LogP contribution in [0, 0.1) is 5.92 Å². The number of nitrogens with zero attached hydrogens (tertiary/aromatic N) is 1. The third-order valence-electron chi connectivity index (χ3n) is 6.08. The number of ketones is 1. The molecule has 0 aliphatic carbocycles. The number of benzene rings is 2. The second-order valence-corrected chi connectivity index (χ2v) is 7.30. The topological polar surface area (TPSA) is 29.5 Å². The van der Waals surface area contributed by atoms with Gasteiger partial charge in [-0.25, -0.2) is 0 Å². The molecular weight excluding hydrogens is 298 g/mol. The number of methoxy groups -OCH3 is 1. The van der Waals surface area contributed by atoms with Crippen LogP contribution in [0.15, 0.2) is 36.4 Å². The monoisotopic (exact) mass is 323 g/mol. The standard InChI is InChI=1S/C21H25NO2/c1-22-15-6-5-7-16(22)13-14(12-15)21(23)19-10-11-20(24-2)18-9-4-3-8-17(18)19/h3-4,8-11,14-16H,5-7,12-13H2,1-2H3. The van der Waals surface area contributed by atoms with Crippen LogP contribution in [0.4, 0.5) is 0 Å². The summed E-state index contributed by atoms with van der Waals surface area (Å²) in [6, 6.07) is 13.1. The van der Waals surface area contributed by atoms with E-state index in [-0.39, 0.29) is 5.92 Å². The van der Waals surface area contributed by atoms with Gasteiger partial charge in [0.15, 0.2) is 5.78 Å². The minimum Gasteiger partial charge on any atom is -0.496 e. The molecule has 2 fully saturated rings. The summed E-state index contributed by atoms with van der Waals surface area (Å²) in [7, 11) is 3.92. The molecule has 2 saturated heterocycles. The number of Topliss-reactive ketones (excluding diaryl/α,β-unsaturated/α-hetero) is 1. The first-order chi connectivity index (χ1) is 11.7. The molecule has 0 spiro atoms. The van der Waals surface area contributed by atoms with Crippen molar-refractivity contribution in [2.75, 3.05) is 14.2 Å². The molecule has 3 nitrogen and oxygen atoms in total. The Hall–Kier alpha value is -1.87. The zero-order valence-corrected chi connectivity index (χ0v) is 14.5. The number of fused-ring (bicyclic) bond motifs is 3. The molecule has 2 aliphatic rings. The van der Waals surface area contributed by atoms with Gasteiger partial charge in [-0.05, 0) is 50.2 Å². The van der Waals surface area contributed by atoms with E-state index in [4.69, 9.17) is 4.74 Å². The van der Waals surface area contributed by atoms with Gasteiger partial charge in [0.25, 0.3) is 0 Å². The minimum atomic E-state index is 0.160. The van der Waals surface area contributed by atoms with E-state index in [1.165, 1.54) is 19.3 Å². The van der Waals surface area contributed by atoms with Crippen LogP contribution in [-0.2, 0) is 0 Å². The molecule has 0 radical (unpaired) electrons. The van der Waals surface area contributed by atoms with E-state index in [0.717, 1.165) is 34.9 Å². The van der Waals surface area contributed by atoms with Crippen LogP contribution in [0.3, 0.4) is 0 Å². The highest BCUT2D eigenvalue weighted by Crippen LogP contribution is 2.38. The summed E-state index contributed by atoms with van der Waals surface area (Å²) < 4.78 is 5.46. The van der Waals surface area contributed by atoms with Crippen LogP contribution < -0.4 is 4.74 Å². The fourth-order valence-corrected chi connectivity index (χ4v) is 4.71. The second-order valence-electron chi connectivity index (χ2n) is 7.30. The van der Waals surface area contributed by atoms with E-state index in [1.54, 1.807) is 7.11 Å². The van der Waals surface area contributed by atoms with Crippen LogP contribution in [0.1, 0.15) is 42.5 Å². The molecule has 4 rings (SSSR count). The van der Waals surface area contributed by atoms with Crippen LogP contribution in [0.2, 0.25) is 0 Å². The Morgan fingerprint density at radius 2 is 1.71 bits per heavy atom. The van der Waals surface area contributed by atoms with E-state index in [1.807, 2.05) is 36.4 Å². The molecule has 2 atom stereocenters. The summed E-state index contributed by atoms with van der Waals surface area (Å²) in [6.07, 6.45) is 5.80. The second kappa shape index (κ2) is 6.21. The fraction of sp³-hybridized carbons (Fsp3) is 0.476. The summed E-state index contributed by atoms with van der Waals surface area (Å²) in [4.78, 5) is 15.8. The van der Waals surface area contributed by atoms with Crippen molar-refractivity contribution in [1.29, 1.82) is 0 Å². The Bertz CT molecular complexity index is 756. The molecule has 0 saturated carbocycles. The lowest BCUT2D eigenvalue weighted by Crippen LogP contribution is -2.51. The maximum Gasteiger partial charge on any atom is 0.166 e. The third kappa shape index (κ3) is 2.51. The maximum absolute atomic E-state index is 13.3. The molecule has 2 unspecified atom stereocenters. The van der Waals surface area contributed by atoms with Gasteiger partial charge in [-0.1, -0.05) is 30.7 Å². The average molecular weight is 323 g/mol. The van der Waals surface area contributed by atoms with Gasteiger partial charge in [-0.15, -0.1) is 0 Å². The molecule has 126 valence electrons. The van der Waals surface area contributed by atoms with Crippen molar-refractivity contribution in [2.45, 2.75) is 44.2 Å². The SMILES string of the molecule is COc1ccc(C(=O)C2CC3CCCC(C2)N3C)c2ccccc12. The van der Waals surface area contributed by atoms with Crippen LogP contribution in [0.5, 0.6) is 5.75 Å². The number of hydrogen-bond acceptors (Lipinski definition) is 3. The summed E-state index contributed by atoms with van der Waals surface area (Å²) in [6.45, 7) is 0. The molecular formula is C21H25NO2. The smallest absolute Gasteiger partial charge is 0.166 e. The molecule has 3 heteroatoms. The number of carbonyl (C=O) groups excluding carboxylic acids is 1. The Labute approximate surface area is 143 Å². The van der Waals surface area contributed by atoms with Gasteiger partial charge in [-0.3, -0.25) is 4.79 Å². The summed E-state index contributed by atoms with van der Waals surface area (Å²) >= 11 is 0. The zero-order valence-electron chi connectivity index (χ0n) is 14.5.